The predicted molar refractivity (Wildman–Crippen MR) is 82.4 cm³/mol. The molecule has 0 fully saturated rings. The minimum atomic E-state index is -0.209. The van der Waals surface area contributed by atoms with Gasteiger partial charge < -0.3 is 20.7 Å². The molecule has 0 radical (unpaired) electrons. The number of hydrogen-bond acceptors (Lipinski definition) is 4. The van der Waals surface area contributed by atoms with E-state index in [4.69, 9.17) is 4.74 Å². The zero-order valence-corrected chi connectivity index (χ0v) is 12.9. The van der Waals surface area contributed by atoms with Crippen molar-refractivity contribution in [2.75, 3.05) is 25.5 Å². The molecule has 0 saturated carbocycles. The first-order valence-corrected chi connectivity index (χ1v) is 6.78. The highest BCUT2D eigenvalue weighted by Crippen LogP contribution is 2.17. The first kappa shape index (κ1) is 17.0. The lowest BCUT2D eigenvalue weighted by molar-refractivity contribution is -0.122. The second-order valence-corrected chi connectivity index (χ2v) is 5.64. The van der Waals surface area contributed by atoms with E-state index in [0.717, 1.165) is 0 Å². The van der Waals surface area contributed by atoms with E-state index in [1.165, 1.54) is 0 Å². The molecule has 0 spiro atoms. The minimum Gasteiger partial charge on any atom is -0.484 e. The van der Waals surface area contributed by atoms with E-state index in [1.807, 2.05) is 20.8 Å². The highest BCUT2D eigenvalue weighted by Gasteiger charge is 2.11. The molecule has 21 heavy (non-hydrogen) atoms. The molecule has 0 aliphatic rings. The number of carbonyl (C=O) groups excluding carboxylic acids is 2. The Morgan fingerprint density at radius 2 is 1.90 bits per heavy atom. The average molecular weight is 293 g/mol. The van der Waals surface area contributed by atoms with Crippen LogP contribution in [0.15, 0.2) is 24.3 Å². The molecule has 0 heterocycles. The maximum atomic E-state index is 11.8. The lowest BCUT2D eigenvalue weighted by Gasteiger charge is -2.20. The Labute approximate surface area is 125 Å². The third-order valence-electron chi connectivity index (χ3n) is 2.55. The van der Waals surface area contributed by atoms with Crippen molar-refractivity contribution in [1.29, 1.82) is 0 Å². The monoisotopic (exact) mass is 293 g/mol. The third-order valence-corrected chi connectivity index (χ3v) is 2.55. The molecule has 3 N–H and O–H groups in total. The summed E-state index contributed by atoms with van der Waals surface area (Å²) in [5.41, 5.74) is 0.514. The predicted octanol–water partition coefficient (Wildman–Crippen LogP) is 1.14. The first-order chi connectivity index (χ1) is 9.80. The fraction of sp³-hybridized carbons (Fsp3) is 0.467. The summed E-state index contributed by atoms with van der Waals surface area (Å²) in [7, 11) is 1.55. The number of nitrogens with one attached hydrogen (secondary N) is 3. The van der Waals surface area contributed by atoms with Crippen LogP contribution >= 0.6 is 0 Å². The number of anilines is 1. The van der Waals surface area contributed by atoms with Crippen molar-refractivity contribution in [3.63, 3.8) is 0 Å². The Bertz CT molecular complexity index is 495. The number of hydrogen-bond donors (Lipinski definition) is 3. The van der Waals surface area contributed by atoms with Crippen molar-refractivity contribution in [3.05, 3.63) is 24.3 Å². The number of amides is 2. The molecule has 1 rings (SSSR count). The van der Waals surface area contributed by atoms with E-state index in [-0.39, 0.29) is 30.5 Å². The molecule has 116 valence electrons. The summed E-state index contributed by atoms with van der Waals surface area (Å²) < 4.78 is 5.32. The Balaban J connectivity index is 2.52. The van der Waals surface area contributed by atoms with Crippen LogP contribution in [0.25, 0.3) is 0 Å². The van der Waals surface area contributed by atoms with Crippen LogP contribution in [0.1, 0.15) is 20.8 Å². The Morgan fingerprint density at radius 1 is 1.19 bits per heavy atom. The SMILES string of the molecule is CNC(=O)COc1cccc(NC(=O)CNC(C)(C)C)c1. The van der Waals surface area contributed by atoms with Gasteiger partial charge in [-0.25, -0.2) is 0 Å². The zero-order valence-electron chi connectivity index (χ0n) is 12.9. The van der Waals surface area contributed by atoms with Gasteiger partial charge in [0.2, 0.25) is 5.91 Å². The molecule has 6 heteroatoms. The molecule has 0 aromatic heterocycles. The van der Waals surface area contributed by atoms with Gasteiger partial charge in [-0.3, -0.25) is 9.59 Å². The van der Waals surface area contributed by atoms with Crippen LogP contribution in [0.2, 0.25) is 0 Å². The summed E-state index contributed by atoms with van der Waals surface area (Å²) in [5, 5.41) is 8.35. The minimum absolute atomic E-state index is 0.0561. The molecular formula is C15H23N3O3. The fourth-order valence-corrected chi connectivity index (χ4v) is 1.44. The van der Waals surface area contributed by atoms with Gasteiger partial charge in [0.15, 0.2) is 6.61 Å². The normalized spacial score (nSPS) is 10.9. The van der Waals surface area contributed by atoms with Crippen LogP contribution in [0.5, 0.6) is 5.75 Å². The van der Waals surface area contributed by atoms with Gasteiger partial charge in [-0.1, -0.05) is 6.07 Å². The zero-order chi connectivity index (χ0) is 15.9. The smallest absolute Gasteiger partial charge is 0.257 e. The van der Waals surface area contributed by atoms with Crippen LogP contribution < -0.4 is 20.7 Å². The van der Waals surface area contributed by atoms with Gasteiger partial charge in [-0.15, -0.1) is 0 Å². The summed E-state index contributed by atoms with van der Waals surface area (Å²) in [6.07, 6.45) is 0. The number of carbonyl (C=O) groups is 2. The standard InChI is InChI=1S/C15H23N3O3/c1-15(2,3)17-9-13(19)18-11-6-5-7-12(8-11)21-10-14(20)16-4/h5-8,17H,9-10H2,1-4H3,(H,16,20)(H,18,19). The average Bonchev–Trinajstić information content (AvgIpc) is 2.42. The van der Waals surface area contributed by atoms with Crippen molar-refractivity contribution < 1.29 is 14.3 Å². The van der Waals surface area contributed by atoms with Gasteiger partial charge in [0, 0.05) is 24.3 Å². The Hall–Kier alpha value is -2.08. The van der Waals surface area contributed by atoms with Crippen molar-refractivity contribution in [2.45, 2.75) is 26.3 Å². The maximum Gasteiger partial charge on any atom is 0.257 e. The second-order valence-electron chi connectivity index (χ2n) is 5.64. The van der Waals surface area contributed by atoms with Crippen molar-refractivity contribution in [2.24, 2.45) is 0 Å². The quantitative estimate of drug-likeness (QED) is 0.735. The fourth-order valence-electron chi connectivity index (χ4n) is 1.44. The molecule has 0 unspecified atom stereocenters. The van der Waals surface area contributed by atoms with Gasteiger partial charge in [0.25, 0.3) is 5.91 Å². The molecule has 0 saturated heterocycles. The lowest BCUT2D eigenvalue weighted by atomic mass is 10.1. The van der Waals surface area contributed by atoms with E-state index in [9.17, 15) is 9.59 Å². The highest BCUT2D eigenvalue weighted by molar-refractivity contribution is 5.92. The Morgan fingerprint density at radius 3 is 2.52 bits per heavy atom. The van der Waals surface area contributed by atoms with E-state index in [0.29, 0.717) is 11.4 Å². The summed E-state index contributed by atoms with van der Waals surface area (Å²) in [6.45, 7) is 6.15. The largest absolute Gasteiger partial charge is 0.484 e. The van der Waals surface area contributed by atoms with Crippen molar-refractivity contribution in [3.8, 4) is 5.75 Å². The van der Waals surface area contributed by atoms with Gasteiger partial charge in [-0.2, -0.15) is 0 Å². The van der Waals surface area contributed by atoms with Gasteiger partial charge >= 0.3 is 0 Å². The van der Waals surface area contributed by atoms with E-state index in [2.05, 4.69) is 16.0 Å². The van der Waals surface area contributed by atoms with Crippen LogP contribution in [0.4, 0.5) is 5.69 Å². The van der Waals surface area contributed by atoms with Crippen LogP contribution in [0, 0.1) is 0 Å². The second kappa shape index (κ2) is 7.64. The summed E-state index contributed by atoms with van der Waals surface area (Å²) >= 11 is 0. The van der Waals surface area contributed by atoms with Gasteiger partial charge in [-0.05, 0) is 32.9 Å². The molecule has 2 amide bonds. The first-order valence-electron chi connectivity index (χ1n) is 6.78. The van der Waals surface area contributed by atoms with E-state index < -0.39 is 0 Å². The van der Waals surface area contributed by atoms with Crippen molar-refractivity contribution in [1.82, 2.24) is 10.6 Å². The number of rotatable bonds is 6. The van der Waals surface area contributed by atoms with Gasteiger partial charge in [0.1, 0.15) is 5.75 Å². The number of ether oxygens (including phenoxy) is 1. The molecule has 0 bridgehead atoms. The highest BCUT2D eigenvalue weighted by atomic mass is 16.5. The van der Waals surface area contributed by atoms with E-state index >= 15 is 0 Å². The van der Waals surface area contributed by atoms with Crippen LogP contribution in [-0.2, 0) is 9.59 Å². The number of likely N-dealkylation sites (N-methyl/N-ethyl adjacent to an activating group) is 1. The van der Waals surface area contributed by atoms with E-state index in [1.54, 1.807) is 31.3 Å². The molecule has 0 aliphatic carbocycles. The Kier molecular flexibility index (Phi) is 6.17. The summed E-state index contributed by atoms with van der Waals surface area (Å²) in [6, 6.07) is 6.93. The topological polar surface area (TPSA) is 79.5 Å². The molecule has 1 aromatic rings. The van der Waals surface area contributed by atoms with Crippen LogP contribution in [-0.4, -0.2) is 37.6 Å². The number of benzene rings is 1. The van der Waals surface area contributed by atoms with Crippen LogP contribution in [0.3, 0.4) is 0 Å². The third kappa shape index (κ3) is 7.31. The van der Waals surface area contributed by atoms with Gasteiger partial charge in [0.05, 0.1) is 6.54 Å². The molecule has 1 aromatic carbocycles. The lowest BCUT2D eigenvalue weighted by Crippen LogP contribution is -2.41. The molecule has 0 aliphatic heterocycles. The molecule has 6 nitrogen and oxygen atoms in total. The maximum absolute atomic E-state index is 11.8. The molecular weight excluding hydrogens is 270 g/mol. The molecule has 0 atom stereocenters. The van der Waals surface area contributed by atoms with Crippen molar-refractivity contribution >= 4 is 17.5 Å². The summed E-state index contributed by atoms with van der Waals surface area (Å²) in [4.78, 5) is 22.9. The summed E-state index contributed by atoms with van der Waals surface area (Å²) in [5.74, 6) is 0.187.